The van der Waals surface area contributed by atoms with Crippen LogP contribution < -0.4 is 11.1 Å². The van der Waals surface area contributed by atoms with Crippen molar-refractivity contribution in [2.75, 3.05) is 0 Å². The number of hydrogen-bond donors (Lipinski definition) is 2. The van der Waals surface area contributed by atoms with Gasteiger partial charge in [-0.3, -0.25) is 20.2 Å². The van der Waals surface area contributed by atoms with Crippen LogP contribution in [0.5, 0.6) is 0 Å². The second-order valence-corrected chi connectivity index (χ2v) is 4.91. The number of nitrogens with zero attached hydrogens (tertiary/aromatic N) is 1. The molecule has 0 aliphatic heterocycles. The molecule has 0 spiro atoms. The zero-order valence-electron chi connectivity index (χ0n) is 13.9. The van der Waals surface area contributed by atoms with E-state index in [1.165, 1.54) is 36.4 Å². The van der Waals surface area contributed by atoms with Gasteiger partial charge in [-0.1, -0.05) is 18.2 Å². The molecule has 3 N–H and O–H groups in total. The van der Waals surface area contributed by atoms with Gasteiger partial charge in [-0.2, -0.15) is 0 Å². The molecule has 0 saturated heterocycles. The van der Waals surface area contributed by atoms with Gasteiger partial charge >= 0.3 is 18.0 Å². The lowest BCUT2D eigenvalue weighted by Crippen LogP contribution is -2.33. The predicted molar refractivity (Wildman–Crippen MR) is 93.9 cm³/mol. The molecule has 0 radical (unpaired) electrons. The number of carbonyl (C=O) groups excluding carboxylic acids is 4. The van der Waals surface area contributed by atoms with Gasteiger partial charge in [-0.05, 0) is 18.1 Å². The Morgan fingerprint density at radius 2 is 1.96 bits per heavy atom. The standard InChI is InChI=1S/C17H15N3O7/c1-2-4-12(9-11-5-3-6-13(10-11)20(25)26)16(23)27-15(22)8-7-14(21)19-17(18)24/h2-3,5-10H,1,4H2,(H3,18,19,21,24). The number of amides is 3. The van der Waals surface area contributed by atoms with Crippen LogP contribution in [0.3, 0.4) is 0 Å². The molecule has 0 fully saturated rings. The van der Waals surface area contributed by atoms with Crippen LogP contribution in [0.15, 0.2) is 54.6 Å². The van der Waals surface area contributed by atoms with E-state index in [-0.39, 0.29) is 17.7 Å². The average Bonchev–Trinajstić information content (AvgIpc) is 2.59. The first-order valence-electron chi connectivity index (χ1n) is 7.33. The smallest absolute Gasteiger partial charge is 0.342 e. The van der Waals surface area contributed by atoms with E-state index in [0.29, 0.717) is 17.7 Å². The molecular weight excluding hydrogens is 358 g/mol. The molecule has 1 aromatic carbocycles. The average molecular weight is 373 g/mol. The molecule has 27 heavy (non-hydrogen) atoms. The van der Waals surface area contributed by atoms with Crippen molar-refractivity contribution in [3.8, 4) is 0 Å². The zero-order chi connectivity index (χ0) is 20.4. The van der Waals surface area contributed by atoms with Gasteiger partial charge in [-0.15, -0.1) is 6.58 Å². The van der Waals surface area contributed by atoms with Crippen LogP contribution in [-0.2, 0) is 19.1 Å². The van der Waals surface area contributed by atoms with Gasteiger partial charge in [-0.25, -0.2) is 14.4 Å². The summed E-state index contributed by atoms with van der Waals surface area (Å²) in [5.41, 5.74) is 4.91. The highest BCUT2D eigenvalue weighted by Gasteiger charge is 2.14. The fourth-order valence-corrected chi connectivity index (χ4v) is 1.78. The van der Waals surface area contributed by atoms with E-state index in [2.05, 4.69) is 11.3 Å². The number of non-ortho nitro benzene ring substituents is 1. The number of rotatable bonds is 7. The quantitative estimate of drug-likeness (QED) is 0.182. The largest absolute Gasteiger partial charge is 0.386 e. The van der Waals surface area contributed by atoms with Crippen LogP contribution in [-0.4, -0.2) is 28.8 Å². The Morgan fingerprint density at radius 3 is 2.56 bits per heavy atom. The van der Waals surface area contributed by atoms with E-state index < -0.39 is 28.8 Å². The number of esters is 2. The number of nitro groups is 1. The molecule has 3 amide bonds. The van der Waals surface area contributed by atoms with Crippen molar-refractivity contribution in [3.05, 3.63) is 70.3 Å². The lowest BCUT2D eigenvalue weighted by Gasteiger charge is -2.04. The van der Waals surface area contributed by atoms with Gasteiger partial charge in [0.25, 0.3) is 11.6 Å². The molecule has 0 aliphatic rings. The Hall–Kier alpha value is -4.08. The van der Waals surface area contributed by atoms with Crippen LogP contribution in [0, 0.1) is 10.1 Å². The highest BCUT2D eigenvalue weighted by Crippen LogP contribution is 2.18. The van der Waals surface area contributed by atoms with Crippen LogP contribution in [0.25, 0.3) is 6.08 Å². The predicted octanol–water partition coefficient (Wildman–Crippen LogP) is 1.38. The van der Waals surface area contributed by atoms with Gasteiger partial charge < -0.3 is 10.5 Å². The number of nitrogens with two attached hydrogens (primary N) is 1. The first-order chi connectivity index (χ1) is 12.7. The van der Waals surface area contributed by atoms with Crippen molar-refractivity contribution in [2.45, 2.75) is 6.42 Å². The summed E-state index contributed by atoms with van der Waals surface area (Å²) in [5, 5.41) is 12.5. The van der Waals surface area contributed by atoms with Crippen LogP contribution in [0.2, 0.25) is 0 Å². The summed E-state index contributed by atoms with van der Waals surface area (Å²) in [6.45, 7) is 3.48. The number of urea groups is 1. The fourth-order valence-electron chi connectivity index (χ4n) is 1.78. The molecule has 0 saturated carbocycles. The van der Waals surface area contributed by atoms with Crippen molar-refractivity contribution < 1.29 is 28.8 Å². The van der Waals surface area contributed by atoms with Crippen molar-refractivity contribution in [3.63, 3.8) is 0 Å². The van der Waals surface area contributed by atoms with Crippen LogP contribution in [0.4, 0.5) is 10.5 Å². The molecule has 1 rings (SSSR count). The number of primary amides is 1. The Balaban J connectivity index is 2.90. The van der Waals surface area contributed by atoms with Crippen molar-refractivity contribution >= 4 is 35.6 Å². The Labute approximate surface area is 153 Å². The summed E-state index contributed by atoms with van der Waals surface area (Å²) in [4.78, 5) is 55.5. The van der Waals surface area contributed by atoms with E-state index >= 15 is 0 Å². The van der Waals surface area contributed by atoms with E-state index in [1.54, 1.807) is 5.32 Å². The lowest BCUT2D eigenvalue weighted by molar-refractivity contribution is -0.384. The van der Waals surface area contributed by atoms with Gasteiger partial charge in [0, 0.05) is 29.9 Å². The molecule has 140 valence electrons. The SMILES string of the molecule is C=CCC(=Cc1cccc([N+](=O)[O-])c1)C(=O)OC(=O)C=CC(=O)NC(N)=O. The summed E-state index contributed by atoms with van der Waals surface area (Å²) in [6.07, 6.45) is 4.02. The topological polar surface area (TPSA) is 159 Å². The minimum Gasteiger partial charge on any atom is -0.386 e. The summed E-state index contributed by atoms with van der Waals surface area (Å²) >= 11 is 0. The molecule has 1 aromatic rings. The highest BCUT2D eigenvalue weighted by atomic mass is 16.6. The van der Waals surface area contributed by atoms with E-state index in [1.807, 2.05) is 0 Å². The summed E-state index contributed by atoms with van der Waals surface area (Å²) in [6, 6.07) is 4.38. The van der Waals surface area contributed by atoms with Crippen LogP contribution in [0.1, 0.15) is 12.0 Å². The van der Waals surface area contributed by atoms with Crippen molar-refractivity contribution in [1.82, 2.24) is 5.32 Å². The molecule has 0 unspecified atom stereocenters. The van der Waals surface area contributed by atoms with E-state index in [4.69, 9.17) is 5.73 Å². The summed E-state index contributed by atoms with van der Waals surface area (Å²) < 4.78 is 4.56. The number of nitro benzene ring substituents is 1. The number of nitrogens with one attached hydrogen (secondary N) is 1. The summed E-state index contributed by atoms with van der Waals surface area (Å²) in [7, 11) is 0. The van der Waals surface area contributed by atoms with Gasteiger partial charge in [0.2, 0.25) is 0 Å². The Morgan fingerprint density at radius 1 is 1.26 bits per heavy atom. The number of ether oxygens (including phenoxy) is 1. The fraction of sp³-hybridized carbons (Fsp3) is 0.0588. The first kappa shape index (κ1) is 21.0. The molecule has 0 bridgehead atoms. The van der Waals surface area contributed by atoms with Crippen molar-refractivity contribution in [1.29, 1.82) is 0 Å². The van der Waals surface area contributed by atoms with Gasteiger partial charge in [0.1, 0.15) is 0 Å². The molecule has 10 nitrogen and oxygen atoms in total. The number of carbonyl (C=O) groups is 4. The third-order valence-corrected chi connectivity index (χ3v) is 2.86. The Bertz CT molecular complexity index is 856. The Kier molecular flexibility index (Phi) is 7.79. The second-order valence-electron chi connectivity index (χ2n) is 4.91. The van der Waals surface area contributed by atoms with E-state index in [9.17, 15) is 29.3 Å². The van der Waals surface area contributed by atoms with E-state index in [0.717, 1.165) is 0 Å². The van der Waals surface area contributed by atoms with Gasteiger partial charge in [0.15, 0.2) is 0 Å². The van der Waals surface area contributed by atoms with Crippen LogP contribution >= 0.6 is 0 Å². The second kappa shape index (κ2) is 10.0. The first-order valence-corrected chi connectivity index (χ1v) is 7.33. The third kappa shape index (κ3) is 7.56. The molecular formula is C17H15N3O7. The molecule has 0 heterocycles. The maximum absolute atomic E-state index is 12.1. The molecule has 0 aliphatic carbocycles. The number of hydrogen-bond acceptors (Lipinski definition) is 7. The molecule has 10 heteroatoms. The number of imide groups is 1. The zero-order valence-corrected chi connectivity index (χ0v) is 13.9. The minimum absolute atomic E-state index is 0.00818. The molecule has 0 aromatic heterocycles. The lowest BCUT2D eigenvalue weighted by atomic mass is 10.1. The number of benzene rings is 1. The highest BCUT2D eigenvalue weighted by molar-refractivity contribution is 6.06. The molecule has 0 atom stereocenters. The maximum atomic E-state index is 12.1. The monoisotopic (exact) mass is 373 g/mol. The summed E-state index contributed by atoms with van der Waals surface area (Å²) in [5.74, 6) is -3.15. The van der Waals surface area contributed by atoms with Gasteiger partial charge in [0.05, 0.1) is 4.92 Å². The maximum Gasteiger partial charge on any atom is 0.342 e. The normalized spacial score (nSPS) is 10.9. The van der Waals surface area contributed by atoms with Crippen molar-refractivity contribution in [2.24, 2.45) is 5.73 Å². The third-order valence-electron chi connectivity index (χ3n) is 2.86. The minimum atomic E-state index is -1.16. The number of allylic oxidation sites excluding steroid dienone is 1.